The Kier molecular flexibility index (Phi) is 5.59. The van der Waals surface area contributed by atoms with Gasteiger partial charge in [-0.05, 0) is 43.9 Å². The Bertz CT molecular complexity index is 453. The van der Waals surface area contributed by atoms with Crippen LogP contribution in [0.3, 0.4) is 0 Å². The monoisotopic (exact) mass is 291 g/mol. The summed E-state index contributed by atoms with van der Waals surface area (Å²) in [5, 5.41) is 2.89. The second-order valence-corrected chi connectivity index (χ2v) is 5.71. The van der Waals surface area contributed by atoms with Crippen molar-refractivity contribution >= 4 is 11.7 Å². The number of likely N-dealkylation sites (N-methyl/N-ethyl adjacent to an activating group) is 1. The summed E-state index contributed by atoms with van der Waals surface area (Å²) < 4.78 is 5.66. The van der Waals surface area contributed by atoms with Gasteiger partial charge in [-0.25, -0.2) is 4.79 Å². The van der Waals surface area contributed by atoms with E-state index in [2.05, 4.69) is 5.32 Å². The molecule has 2 atom stereocenters. The summed E-state index contributed by atoms with van der Waals surface area (Å²) in [6, 6.07) is 7.51. The van der Waals surface area contributed by atoms with Crippen LogP contribution in [0.4, 0.5) is 10.5 Å². The topological polar surface area (TPSA) is 67.6 Å². The van der Waals surface area contributed by atoms with Crippen molar-refractivity contribution in [2.45, 2.75) is 38.3 Å². The highest BCUT2D eigenvalue weighted by Crippen LogP contribution is 2.16. The van der Waals surface area contributed by atoms with Crippen molar-refractivity contribution in [3.8, 4) is 0 Å². The highest BCUT2D eigenvalue weighted by atomic mass is 16.5. The third-order valence-corrected chi connectivity index (χ3v) is 3.79. The number of anilines is 1. The van der Waals surface area contributed by atoms with E-state index < -0.39 is 0 Å². The lowest BCUT2D eigenvalue weighted by Crippen LogP contribution is -2.39. The lowest BCUT2D eigenvalue weighted by molar-refractivity contribution is 0.00463. The van der Waals surface area contributed by atoms with Crippen LogP contribution in [0.1, 0.15) is 37.8 Å². The number of amides is 2. The molecule has 1 aliphatic rings. The van der Waals surface area contributed by atoms with Gasteiger partial charge in [0, 0.05) is 31.9 Å². The first kappa shape index (κ1) is 15.8. The highest BCUT2D eigenvalue weighted by Gasteiger charge is 2.18. The van der Waals surface area contributed by atoms with Crippen LogP contribution in [-0.2, 0) is 4.74 Å². The van der Waals surface area contributed by atoms with Gasteiger partial charge < -0.3 is 20.7 Å². The molecule has 0 spiro atoms. The van der Waals surface area contributed by atoms with Gasteiger partial charge in [-0.1, -0.05) is 12.1 Å². The summed E-state index contributed by atoms with van der Waals surface area (Å²) in [6.07, 6.45) is 3.49. The van der Waals surface area contributed by atoms with E-state index in [1.165, 1.54) is 6.42 Å². The van der Waals surface area contributed by atoms with E-state index in [1.807, 2.05) is 31.2 Å². The normalized spacial score (nSPS) is 19.9. The van der Waals surface area contributed by atoms with E-state index in [1.54, 1.807) is 11.9 Å². The molecule has 2 rings (SSSR count). The van der Waals surface area contributed by atoms with Gasteiger partial charge in [0.2, 0.25) is 0 Å². The molecule has 1 aromatic carbocycles. The molecule has 0 saturated carbocycles. The van der Waals surface area contributed by atoms with Crippen LogP contribution in [0.5, 0.6) is 0 Å². The molecule has 1 saturated heterocycles. The van der Waals surface area contributed by atoms with Crippen molar-refractivity contribution in [3.05, 3.63) is 29.8 Å². The maximum Gasteiger partial charge on any atom is 0.321 e. The summed E-state index contributed by atoms with van der Waals surface area (Å²) in [5.74, 6) is 0. The van der Waals surface area contributed by atoms with Crippen LogP contribution >= 0.6 is 0 Å². The third-order valence-electron chi connectivity index (χ3n) is 3.79. The van der Waals surface area contributed by atoms with Gasteiger partial charge in [-0.2, -0.15) is 0 Å². The largest absolute Gasteiger partial charge is 0.376 e. The van der Waals surface area contributed by atoms with Gasteiger partial charge in [0.1, 0.15) is 0 Å². The standard InChI is InChI=1S/C16H25N3O2/c1-12(17)13-6-8-14(9-7-13)18-16(20)19(2)11-15-5-3-4-10-21-15/h6-9,12,15H,3-5,10-11,17H2,1-2H3,(H,18,20). The fraction of sp³-hybridized carbons (Fsp3) is 0.562. The van der Waals surface area contributed by atoms with E-state index in [-0.39, 0.29) is 18.2 Å². The highest BCUT2D eigenvalue weighted by molar-refractivity contribution is 5.89. The molecular weight excluding hydrogens is 266 g/mol. The number of nitrogens with two attached hydrogens (primary N) is 1. The molecule has 1 aliphatic heterocycles. The number of carbonyl (C=O) groups excluding carboxylic acids is 1. The predicted octanol–water partition coefficient (Wildman–Crippen LogP) is 2.74. The van der Waals surface area contributed by atoms with Crippen LogP contribution < -0.4 is 11.1 Å². The van der Waals surface area contributed by atoms with E-state index >= 15 is 0 Å². The third kappa shape index (κ3) is 4.72. The average Bonchev–Trinajstić information content (AvgIpc) is 2.48. The summed E-state index contributed by atoms with van der Waals surface area (Å²) in [7, 11) is 1.80. The molecule has 1 fully saturated rings. The number of urea groups is 1. The minimum absolute atomic E-state index is 0.000811. The van der Waals surface area contributed by atoms with Crippen molar-refractivity contribution in [1.82, 2.24) is 4.90 Å². The Morgan fingerprint density at radius 2 is 2.14 bits per heavy atom. The van der Waals surface area contributed by atoms with Crippen molar-refractivity contribution in [3.63, 3.8) is 0 Å². The van der Waals surface area contributed by atoms with Crippen LogP contribution in [0.15, 0.2) is 24.3 Å². The number of benzene rings is 1. The van der Waals surface area contributed by atoms with Crippen molar-refractivity contribution in [2.24, 2.45) is 5.73 Å². The Morgan fingerprint density at radius 1 is 1.43 bits per heavy atom. The second kappa shape index (κ2) is 7.43. The molecule has 0 bridgehead atoms. The minimum Gasteiger partial charge on any atom is -0.376 e. The zero-order chi connectivity index (χ0) is 15.2. The first-order chi connectivity index (χ1) is 10.1. The van der Waals surface area contributed by atoms with Crippen molar-refractivity contribution in [1.29, 1.82) is 0 Å². The van der Waals surface area contributed by atoms with Gasteiger partial charge in [-0.15, -0.1) is 0 Å². The summed E-state index contributed by atoms with van der Waals surface area (Å²) in [6.45, 7) is 3.37. The Balaban J connectivity index is 1.84. The van der Waals surface area contributed by atoms with Gasteiger partial charge in [0.15, 0.2) is 0 Å². The molecular formula is C16H25N3O2. The molecule has 116 valence electrons. The Labute approximate surface area is 126 Å². The van der Waals surface area contributed by atoms with Gasteiger partial charge >= 0.3 is 6.03 Å². The number of ether oxygens (including phenoxy) is 1. The number of hydrogen-bond acceptors (Lipinski definition) is 3. The molecule has 0 aromatic heterocycles. The fourth-order valence-corrected chi connectivity index (χ4v) is 2.43. The van der Waals surface area contributed by atoms with E-state index in [9.17, 15) is 4.79 Å². The molecule has 21 heavy (non-hydrogen) atoms. The first-order valence-electron chi connectivity index (χ1n) is 7.55. The molecule has 2 unspecified atom stereocenters. The van der Waals surface area contributed by atoms with Crippen LogP contribution in [0.25, 0.3) is 0 Å². The number of hydrogen-bond donors (Lipinski definition) is 2. The number of carbonyl (C=O) groups is 1. The maximum atomic E-state index is 12.1. The molecule has 5 heteroatoms. The smallest absolute Gasteiger partial charge is 0.321 e. The Hall–Kier alpha value is -1.59. The Morgan fingerprint density at radius 3 is 2.71 bits per heavy atom. The maximum absolute atomic E-state index is 12.1. The van der Waals surface area contributed by atoms with Crippen molar-refractivity contribution in [2.75, 3.05) is 25.5 Å². The summed E-state index contributed by atoms with van der Waals surface area (Å²) >= 11 is 0. The zero-order valence-electron chi connectivity index (χ0n) is 12.8. The second-order valence-electron chi connectivity index (χ2n) is 5.71. The van der Waals surface area contributed by atoms with Crippen LogP contribution in [-0.4, -0.2) is 37.2 Å². The lowest BCUT2D eigenvalue weighted by atomic mass is 10.1. The lowest BCUT2D eigenvalue weighted by Gasteiger charge is -2.27. The predicted molar refractivity (Wildman–Crippen MR) is 84.3 cm³/mol. The van der Waals surface area contributed by atoms with Gasteiger partial charge in [0.25, 0.3) is 0 Å². The van der Waals surface area contributed by atoms with Crippen LogP contribution in [0.2, 0.25) is 0 Å². The molecule has 1 aromatic rings. The van der Waals surface area contributed by atoms with E-state index in [0.717, 1.165) is 30.7 Å². The molecule has 5 nitrogen and oxygen atoms in total. The summed E-state index contributed by atoms with van der Waals surface area (Å²) in [4.78, 5) is 13.8. The summed E-state index contributed by atoms with van der Waals surface area (Å²) in [5.41, 5.74) is 7.64. The quantitative estimate of drug-likeness (QED) is 0.896. The molecule has 0 radical (unpaired) electrons. The van der Waals surface area contributed by atoms with Gasteiger partial charge in [0.05, 0.1) is 6.10 Å². The van der Waals surface area contributed by atoms with E-state index in [0.29, 0.717) is 6.54 Å². The fourth-order valence-electron chi connectivity index (χ4n) is 2.43. The molecule has 3 N–H and O–H groups in total. The molecule has 1 heterocycles. The molecule has 2 amide bonds. The first-order valence-corrected chi connectivity index (χ1v) is 7.55. The van der Waals surface area contributed by atoms with Gasteiger partial charge in [-0.3, -0.25) is 0 Å². The van der Waals surface area contributed by atoms with Crippen LogP contribution in [0, 0.1) is 0 Å². The number of nitrogens with zero attached hydrogens (tertiary/aromatic N) is 1. The minimum atomic E-state index is -0.113. The number of nitrogens with one attached hydrogen (secondary N) is 1. The average molecular weight is 291 g/mol. The zero-order valence-corrected chi connectivity index (χ0v) is 12.8. The van der Waals surface area contributed by atoms with E-state index in [4.69, 9.17) is 10.5 Å². The number of rotatable bonds is 4. The SMILES string of the molecule is CC(N)c1ccc(NC(=O)N(C)CC2CCCCO2)cc1. The van der Waals surface area contributed by atoms with Crippen molar-refractivity contribution < 1.29 is 9.53 Å². The molecule has 0 aliphatic carbocycles.